The van der Waals surface area contributed by atoms with E-state index in [0.29, 0.717) is 13.0 Å². The number of rotatable bonds is 7. The molecule has 3 nitrogen and oxygen atoms in total. The van der Waals surface area contributed by atoms with Crippen LogP contribution in [0.5, 0.6) is 0 Å². The van der Waals surface area contributed by atoms with E-state index in [9.17, 15) is 10.2 Å². The van der Waals surface area contributed by atoms with Gasteiger partial charge in [0.1, 0.15) is 0 Å². The first kappa shape index (κ1) is 18.1. The first-order chi connectivity index (χ1) is 12.1. The molecule has 25 heavy (non-hydrogen) atoms. The maximum Gasteiger partial charge on any atom is 0.0940 e. The normalized spacial score (nSPS) is 17.6. The van der Waals surface area contributed by atoms with E-state index in [1.54, 1.807) is 0 Å². The zero-order chi connectivity index (χ0) is 17.6. The highest BCUT2D eigenvalue weighted by molar-refractivity contribution is 5.34. The van der Waals surface area contributed by atoms with Crippen LogP contribution in [0, 0.1) is 0 Å². The van der Waals surface area contributed by atoms with Crippen molar-refractivity contribution in [2.75, 3.05) is 6.54 Å². The molecule has 2 aromatic rings. The molecule has 0 fully saturated rings. The number of fused-ring (bicyclic) bond motifs is 1. The average Bonchev–Trinajstić information content (AvgIpc) is 2.67. The Kier molecular flexibility index (Phi) is 6.24. The molecule has 0 radical (unpaired) electrons. The third-order valence-corrected chi connectivity index (χ3v) is 5.26. The fourth-order valence-corrected chi connectivity index (χ4v) is 3.63. The smallest absolute Gasteiger partial charge is 0.0940 e. The summed E-state index contributed by atoms with van der Waals surface area (Å²) in [6.45, 7) is 2.65. The zero-order valence-corrected chi connectivity index (χ0v) is 15.0. The number of aryl methyl sites for hydroxylation is 2. The van der Waals surface area contributed by atoms with E-state index in [-0.39, 0.29) is 6.04 Å². The maximum atomic E-state index is 10.5. The van der Waals surface area contributed by atoms with Gasteiger partial charge in [-0.05, 0) is 67.8 Å². The molecule has 134 valence electrons. The van der Waals surface area contributed by atoms with Crippen LogP contribution in [0.2, 0.25) is 0 Å². The molecule has 1 aliphatic carbocycles. The summed E-state index contributed by atoms with van der Waals surface area (Å²) in [5.74, 6) is 0. The first-order valence-corrected chi connectivity index (χ1v) is 9.41. The predicted molar refractivity (Wildman–Crippen MR) is 102 cm³/mol. The number of benzene rings is 2. The first-order valence-electron chi connectivity index (χ1n) is 9.41. The second kappa shape index (κ2) is 8.61. The minimum absolute atomic E-state index is 0.0573. The van der Waals surface area contributed by atoms with Crippen LogP contribution >= 0.6 is 0 Å². The largest absolute Gasteiger partial charge is 0.388 e. The third kappa shape index (κ3) is 4.69. The molecule has 0 amide bonds. The lowest BCUT2D eigenvalue weighted by molar-refractivity contribution is 0.127. The maximum absolute atomic E-state index is 10.5. The van der Waals surface area contributed by atoms with Gasteiger partial charge in [0.15, 0.2) is 0 Å². The molecule has 2 aromatic carbocycles. The summed E-state index contributed by atoms with van der Waals surface area (Å²) in [5, 5.41) is 24.2. The van der Waals surface area contributed by atoms with Gasteiger partial charge in [-0.15, -0.1) is 0 Å². The monoisotopic (exact) mass is 339 g/mol. The lowest BCUT2D eigenvalue weighted by atomic mass is 9.89. The van der Waals surface area contributed by atoms with Gasteiger partial charge in [-0.2, -0.15) is 0 Å². The highest BCUT2D eigenvalue weighted by Gasteiger charge is 2.17. The average molecular weight is 339 g/mol. The van der Waals surface area contributed by atoms with Crippen LogP contribution in [-0.2, 0) is 12.8 Å². The quantitative estimate of drug-likeness (QED) is 0.721. The molecule has 0 saturated heterocycles. The molecule has 3 rings (SSSR count). The number of aliphatic hydroxyl groups excluding tert-OH is 2. The molecular formula is C22H29NO2. The van der Waals surface area contributed by atoms with Gasteiger partial charge in [0.05, 0.1) is 12.2 Å². The second-order valence-electron chi connectivity index (χ2n) is 7.14. The van der Waals surface area contributed by atoms with Crippen molar-refractivity contribution in [2.24, 2.45) is 0 Å². The van der Waals surface area contributed by atoms with Crippen molar-refractivity contribution in [3.8, 4) is 0 Å². The molecular weight excluding hydrogens is 310 g/mol. The molecule has 0 bridgehead atoms. The van der Waals surface area contributed by atoms with Crippen LogP contribution in [0.25, 0.3) is 0 Å². The molecule has 0 heterocycles. The van der Waals surface area contributed by atoms with E-state index < -0.39 is 12.2 Å². The molecule has 0 saturated carbocycles. The third-order valence-electron chi connectivity index (χ3n) is 5.26. The molecule has 3 atom stereocenters. The standard InChI is InChI=1S/C22H29NO2/c1-16(22(25)18-8-3-2-4-9-18)23-14-13-21(24)20-12-11-17-7-5-6-10-19(17)15-20/h2-4,8-9,11-12,15-16,21-25H,5-7,10,13-14H2,1H3. The zero-order valence-electron chi connectivity index (χ0n) is 15.0. The van der Waals surface area contributed by atoms with Gasteiger partial charge in [-0.25, -0.2) is 0 Å². The number of aliphatic hydroxyl groups is 2. The number of nitrogens with one attached hydrogen (secondary N) is 1. The summed E-state index contributed by atoms with van der Waals surface area (Å²) in [6.07, 6.45) is 4.48. The van der Waals surface area contributed by atoms with Gasteiger partial charge in [0, 0.05) is 6.04 Å². The SMILES string of the molecule is CC(NCCC(O)c1ccc2c(c1)CCCC2)C(O)c1ccccc1. The lowest BCUT2D eigenvalue weighted by Crippen LogP contribution is -2.33. The summed E-state index contributed by atoms with van der Waals surface area (Å²) in [6, 6.07) is 16.1. The highest BCUT2D eigenvalue weighted by atomic mass is 16.3. The Morgan fingerprint density at radius 3 is 2.40 bits per heavy atom. The van der Waals surface area contributed by atoms with E-state index in [4.69, 9.17) is 0 Å². The molecule has 0 aromatic heterocycles. The van der Waals surface area contributed by atoms with Gasteiger partial charge < -0.3 is 15.5 Å². The fourth-order valence-electron chi connectivity index (χ4n) is 3.63. The van der Waals surface area contributed by atoms with E-state index in [1.807, 2.05) is 37.3 Å². The van der Waals surface area contributed by atoms with E-state index in [2.05, 4.69) is 23.5 Å². The van der Waals surface area contributed by atoms with Gasteiger partial charge >= 0.3 is 0 Å². The molecule has 0 aliphatic heterocycles. The molecule has 1 aliphatic rings. The van der Waals surface area contributed by atoms with Crippen LogP contribution in [0.1, 0.15) is 60.6 Å². The summed E-state index contributed by atoms with van der Waals surface area (Å²) < 4.78 is 0. The lowest BCUT2D eigenvalue weighted by Gasteiger charge is -2.22. The van der Waals surface area contributed by atoms with Gasteiger partial charge in [-0.3, -0.25) is 0 Å². The Balaban J connectivity index is 1.50. The highest BCUT2D eigenvalue weighted by Crippen LogP contribution is 2.26. The summed E-state index contributed by atoms with van der Waals surface area (Å²) in [4.78, 5) is 0. The topological polar surface area (TPSA) is 52.5 Å². The second-order valence-corrected chi connectivity index (χ2v) is 7.14. The van der Waals surface area contributed by atoms with Crippen LogP contribution in [0.3, 0.4) is 0 Å². The number of hydrogen-bond acceptors (Lipinski definition) is 3. The van der Waals surface area contributed by atoms with Gasteiger partial charge in [-0.1, -0.05) is 48.5 Å². The van der Waals surface area contributed by atoms with Crippen molar-refractivity contribution in [1.82, 2.24) is 5.32 Å². The summed E-state index contributed by atoms with van der Waals surface area (Å²) in [7, 11) is 0. The van der Waals surface area contributed by atoms with Crippen LogP contribution in [0.4, 0.5) is 0 Å². The Morgan fingerprint density at radius 1 is 0.920 bits per heavy atom. The Labute approximate surface area is 150 Å². The minimum atomic E-state index is -0.540. The predicted octanol–water partition coefficient (Wildman–Crippen LogP) is 3.70. The van der Waals surface area contributed by atoms with Crippen LogP contribution in [-0.4, -0.2) is 22.8 Å². The fraction of sp³-hybridized carbons (Fsp3) is 0.455. The van der Waals surface area contributed by atoms with E-state index in [1.165, 1.54) is 30.4 Å². The molecule has 3 N–H and O–H groups in total. The van der Waals surface area contributed by atoms with Crippen LogP contribution < -0.4 is 5.32 Å². The Morgan fingerprint density at radius 2 is 1.64 bits per heavy atom. The van der Waals surface area contributed by atoms with Crippen LogP contribution in [0.15, 0.2) is 48.5 Å². The van der Waals surface area contributed by atoms with Crippen molar-refractivity contribution in [1.29, 1.82) is 0 Å². The number of hydrogen-bond donors (Lipinski definition) is 3. The Hall–Kier alpha value is -1.68. The van der Waals surface area contributed by atoms with E-state index in [0.717, 1.165) is 17.5 Å². The summed E-state index contributed by atoms with van der Waals surface area (Å²) in [5.41, 5.74) is 4.78. The van der Waals surface area contributed by atoms with Crippen molar-refractivity contribution < 1.29 is 10.2 Å². The van der Waals surface area contributed by atoms with Crippen molar-refractivity contribution >= 4 is 0 Å². The molecule has 0 spiro atoms. The van der Waals surface area contributed by atoms with Gasteiger partial charge in [0.2, 0.25) is 0 Å². The Bertz CT molecular complexity index is 671. The summed E-state index contributed by atoms with van der Waals surface area (Å²) >= 11 is 0. The van der Waals surface area contributed by atoms with Crippen molar-refractivity contribution in [3.05, 3.63) is 70.8 Å². The van der Waals surface area contributed by atoms with E-state index >= 15 is 0 Å². The minimum Gasteiger partial charge on any atom is -0.388 e. The van der Waals surface area contributed by atoms with Gasteiger partial charge in [0.25, 0.3) is 0 Å². The molecule has 3 unspecified atom stereocenters. The van der Waals surface area contributed by atoms with Crippen molar-refractivity contribution in [2.45, 2.75) is 57.3 Å². The molecule has 3 heteroatoms. The van der Waals surface area contributed by atoms with Crippen molar-refractivity contribution in [3.63, 3.8) is 0 Å².